The highest BCUT2D eigenvalue weighted by Crippen LogP contribution is 2.28. The fourth-order valence-electron chi connectivity index (χ4n) is 3.12. The lowest BCUT2D eigenvalue weighted by atomic mass is 10.1. The highest BCUT2D eigenvalue weighted by atomic mass is 15.3. The third kappa shape index (κ3) is 2.58. The first-order valence-electron chi connectivity index (χ1n) is 8.41. The molecule has 1 fully saturated rings. The van der Waals surface area contributed by atoms with Crippen molar-refractivity contribution in [3.63, 3.8) is 0 Å². The molecular weight excluding hydrogens is 300 g/mol. The van der Waals surface area contributed by atoms with E-state index < -0.39 is 0 Å². The highest BCUT2D eigenvalue weighted by Gasteiger charge is 2.19. The van der Waals surface area contributed by atoms with Crippen LogP contribution in [0.1, 0.15) is 24.0 Å². The molecule has 0 aliphatic carbocycles. The molecule has 1 saturated heterocycles. The van der Waals surface area contributed by atoms with Crippen LogP contribution in [0.2, 0.25) is 0 Å². The molecule has 0 radical (unpaired) electrons. The van der Waals surface area contributed by atoms with E-state index >= 15 is 0 Å². The number of nitrogens with zero attached hydrogens (tertiary/aromatic N) is 5. The van der Waals surface area contributed by atoms with E-state index in [4.69, 9.17) is 9.97 Å². The predicted molar refractivity (Wildman–Crippen MR) is 96.9 cm³/mol. The average Bonchev–Trinajstić information content (AvgIpc) is 3.22. The van der Waals surface area contributed by atoms with Crippen molar-refractivity contribution in [3.8, 4) is 0 Å². The smallest absolute Gasteiger partial charge is 0.229 e. The quantitative estimate of drug-likeness (QED) is 0.801. The van der Waals surface area contributed by atoms with Crippen molar-refractivity contribution < 1.29 is 0 Å². The Balaban J connectivity index is 1.78. The number of nitrogens with one attached hydrogen (secondary N) is 1. The molecule has 0 amide bonds. The summed E-state index contributed by atoms with van der Waals surface area (Å²) in [4.78, 5) is 11.8. The van der Waals surface area contributed by atoms with Crippen LogP contribution < -0.4 is 10.2 Å². The van der Waals surface area contributed by atoms with Gasteiger partial charge < -0.3 is 10.2 Å². The number of fused-ring (bicyclic) bond motifs is 1. The molecule has 0 unspecified atom stereocenters. The molecule has 1 aliphatic rings. The standard InChI is InChI=1S/C18H22N6/c1-12-6-7-14(10-13(12)2)20-16-15-11-19-23(3)17(15)22-18(21-16)24-8-4-5-9-24/h6-7,10-11H,4-5,8-9H2,1-3H3,(H,20,21,22). The molecule has 0 bridgehead atoms. The first kappa shape index (κ1) is 14.9. The minimum Gasteiger partial charge on any atom is -0.341 e. The maximum absolute atomic E-state index is 4.79. The van der Waals surface area contributed by atoms with E-state index in [0.29, 0.717) is 0 Å². The Morgan fingerprint density at radius 1 is 1.04 bits per heavy atom. The van der Waals surface area contributed by atoms with Crippen molar-refractivity contribution in [2.75, 3.05) is 23.3 Å². The molecule has 0 atom stereocenters. The number of hydrogen-bond donors (Lipinski definition) is 1. The Bertz CT molecular complexity index is 892. The van der Waals surface area contributed by atoms with Gasteiger partial charge in [-0.3, -0.25) is 4.68 Å². The van der Waals surface area contributed by atoms with Crippen LogP contribution in [0.25, 0.3) is 11.0 Å². The van der Waals surface area contributed by atoms with Crippen LogP contribution in [-0.2, 0) is 7.05 Å². The Morgan fingerprint density at radius 3 is 2.58 bits per heavy atom. The maximum atomic E-state index is 4.79. The molecule has 0 saturated carbocycles. The second-order valence-electron chi connectivity index (χ2n) is 6.50. The Hall–Kier alpha value is -2.63. The lowest BCUT2D eigenvalue weighted by Crippen LogP contribution is -2.21. The van der Waals surface area contributed by atoms with E-state index in [1.54, 1.807) is 0 Å². The molecule has 6 heteroatoms. The van der Waals surface area contributed by atoms with E-state index in [9.17, 15) is 0 Å². The molecule has 6 nitrogen and oxygen atoms in total. The lowest BCUT2D eigenvalue weighted by Gasteiger charge is -2.17. The fraction of sp³-hybridized carbons (Fsp3) is 0.389. The van der Waals surface area contributed by atoms with Gasteiger partial charge >= 0.3 is 0 Å². The second-order valence-corrected chi connectivity index (χ2v) is 6.50. The number of aryl methyl sites for hydroxylation is 3. The molecule has 2 aromatic heterocycles. The van der Waals surface area contributed by atoms with Gasteiger partial charge in [0.15, 0.2) is 5.65 Å². The molecular formula is C18H22N6. The number of benzene rings is 1. The number of anilines is 3. The van der Waals surface area contributed by atoms with Gasteiger partial charge in [-0.25, -0.2) is 0 Å². The van der Waals surface area contributed by atoms with Crippen LogP contribution in [0.5, 0.6) is 0 Å². The predicted octanol–water partition coefficient (Wildman–Crippen LogP) is 3.32. The number of aromatic nitrogens is 4. The van der Waals surface area contributed by atoms with Gasteiger partial charge in [0.2, 0.25) is 5.95 Å². The van der Waals surface area contributed by atoms with Crippen molar-refractivity contribution in [1.82, 2.24) is 19.7 Å². The summed E-state index contributed by atoms with van der Waals surface area (Å²) in [6, 6.07) is 6.36. The van der Waals surface area contributed by atoms with Crippen LogP contribution in [0.4, 0.5) is 17.5 Å². The zero-order chi connectivity index (χ0) is 16.7. The molecule has 24 heavy (non-hydrogen) atoms. The number of rotatable bonds is 3. The van der Waals surface area contributed by atoms with Crippen LogP contribution in [0.3, 0.4) is 0 Å². The molecule has 4 rings (SSSR count). The summed E-state index contributed by atoms with van der Waals surface area (Å²) in [5.74, 6) is 1.60. The second kappa shape index (κ2) is 5.78. The van der Waals surface area contributed by atoms with Crippen LogP contribution in [-0.4, -0.2) is 32.8 Å². The van der Waals surface area contributed by atoms with Gasteiger partial charge in [0.1, 0.15) is 5.82 Å². The summed E-state index contributed by atoms with van der Waals surface area (Å²) in [5.41, 5.74) is 4.44. The molecule has 3 aromatic rings. The number of hydrogen-bond acceptors (Lipinski definition) is 5. The molecule has 3 heterocycles. The van der Waals surface area contributed by atoms with Crippen molar-refractivity contribution in [3.05, 3.63) is 35.5 Å². The van der Waals surface area contributed by atoms with Gasteiger partial charge in [0, 0.05) is 25.8 Å². The molecule has 124 valence electrons. The Morgan fingerprint density at radius 2 is 1.83 bits per heavy atom. The van der Waals surface area contributed by atoms with Crippen LogP contribution in [0.15, 0.2) is 24.4 Å². The topological polar surface area (TPSA) is 58.9 Å². The van der Waals surface area contributed by atoms with Gasteiger partial charge in [-0.1, -0.05) is 6.07 Å². The minimum absolute atomic E-state index is 0.787. The Kier molecular flexibility index (Phi) is 3.59. The lowest BCUT2D eigenvalue weighted by molar-refractivity contribution is 0.782. The first-order chi connectivity index (χ1) is 11.6. The molecule has 1 aliphatic heterocycles. The monoisotopic (exact) mass is 322 g/mol. The molecule has 0 spiro atoms. The van der Waals surface area contributed by atoms with E-state index in [-0.39, 0.29) is 0 Å². The van der Waals surface area contributed by atoms with Gasteiger partial charge in [-0.15, -0.1) is 0 Å². The average molecular weight is 322 g/mol. The SMILES string of the molecule is Cc1ccc(Nc2nc(N3CCCC3)nc3c2cnn3C)cc1C. The van der Waals surface area contributed by atoms with Crippen molar-refractivity contribution in [2.24, 2.45) is 7.05 Å². The van der Waals surface area contributed by atoms with Crippen LogP contribution >= 0.6 is 0 Å². The van der Waals surface area contributed by atoms with E-state index in [1.165, 1.54) is 24.0 Å². The summed E-state index contributed by atoms with van der Waals surface area (Å²) in [6.45, 7) is 6.28. The van der Waals surface area contributed by atoms with E-state index in [0.717, 1.165) is 41.6 Å². The van der Waals surface area contributed by atoms with E-state index in [2.05, 4.69) is 47.4 Å². The van der Waals surface area contributed by atoms with Gasteiger partial charge in [0.05, 0.1) is 11.6 Å². The molecule has 1 aromatic carbocycles. The van der Waals surface area contributed by atoms with Gasteiger partial charge in [-0.2, -0.15) is 15.1 Å². The van der Waals surface area contributed by atoms with Gasteiger partial charge in [-0.05, 0) is 49.9 Å². The zero-order valence-electron chi connectivity index (χ0n) is 14.4. The first-order valence-corrected chi connectivity index (χ1v) is 8.41. The molecule has 1 N–H and O–H groups in total. The fourth-order valence-corrected chi connectivity index (χ4v) is 3.12. The summed E-state index contributed by atoms with van der Waals surface area (Å²) >= 11 is 0. The van der Waals surface area contributed by atoms with Crippen molar-refractivity contribution in [1.29, 1.82) is 0 Å². The van der Waals surface area contributed by atoms with Crippen LogP contribution in [0, 0.1) is 13.8 Å². The summed E-state index contributed by atoms with van der Waals surface area (Å²) in [5, 5.41) is 8.76. The zero-order valence-corrected chi connectivity index (χ0v) is 14.4. The summed E-state index contributed by atoms with van der Waals surface area (Å²) < 4.78 is 1.81. The van der Waals surface area contributed by atoms with E-state index in [1.807, 2.05) is 17.9 Å². The van der Waals surface area contributed by atoms with Gasteiger partial charge in [0.25, 0.3) is 0 Å². The third-order valence-corrected chi connectivity index (χ3v) is 4.74. The minimum atomic E-state index is 0.787. The third-order valence-electron chi connectivity index (χ3n) is 4.74. The highest BCUT2D eigenvalue weighted by molar-refractivity contribution is 5.89. The Labute approximate surface area is 141 Å². The normalized spacial score (nSPS) is 14.5. The summed E-state index contributed by atoms with van der Waals surface area (Å²) in [7, 11) is 1.92. The summed E-state index contributed by atoms with van der Waals surface area (Å²) in [6.07, 6.45) is 4.23. The maximum Gasteiger partial charge on any atom is 0.229 e. The largest absolute Gasteiger partial charge is 0.341 e. The van der Waals surface area contributed by atoms with Crippen molar-refractivity contribution >= 4 is 28.5 Å². The van der Waals surface area contributed by atoms with Crippen molar-refractivity contribution in [2.45, 2.75) is 26.7 Å².